The van der Waals surface area contributed by atoms with Crippen molar-refractivity contribution in [3.8, 4) is 0 Å². The second kappa shape index (κ2) is 12.9. The molecule has 220 valence electrons. The van der Waals surface area contributed by atoms with E-state index >= 15 is 0 Å². The molecule has 1 aliphatic carbocycles. The number of hydrogen-bond acceptors (Lipinski definition) is 7. The van der Waals surface area contributed by atoms with Gasteiger partial charge >= 0.3 is 6.03 Å². The van der Waals surface area contributed by atoms with Crippen molar-refractivity contribution in [2.24, 2.45) is 16.2 Å². The Hall–Kier alpha value is -0.970. The Morgan fingerprint density at radius 1 is 0.865 bits per heavy atom. The molecule has 9 heteroatoms. The summed E-state index contributed by atoms with van der Waals surface area (Å²) in [6.45, 7) is 20.2. The number of hydrogen-bond donors (Lipinski definition) is 7. The van der Waals surface area contributed by atoms with E-state index in [1.807, 2.05) is 27.7 Å². The fourth-order valence-electron chi connectivity index (χ4n) is 5.86. The summed E-state index contributed by atoms with van der Waals surface area (Å²) in [7, 11) is 0. The van der Waals surface area contributed by atoms with Crippen LogP contribution in [0, 0.1) is 16.2 Å². The highest BCUT2D eigenvalue weighted by Gasteiger charge is 2.39. The molecule has 1 saturated carbocycles. The van der Waals surface area contributed by atoms with Gasteiger partial charge in [-0.1, -0.05) is 55.4 Å². The average molecular weight is 533 g/mol. The van der Waals surface area contributed by atoms with E-state index in [9.17, 15) is 30.3 Å². The van der Waals surface area contributed by atoms with Gasteiger partial charge in [0.15, 0.2) is 0 Å². The van der Waals surface area contributed by atoms with E-state index in [2.05, 4.69) is 52.2 Å². The molecule has 0 heterocycles. The van der Waals surface area contributed by atoms with Crippen molar-refractivity contribution in [3.05, 3.63) is 0 Å². The molecule has 0 aromatic rings. The van der Waals surface area contributed by atoms with E-state index in [-0.39, 0.29) is 30.3 Å². The van der Waals surface area contributed by atoms with Crippen LogP contribution in [0.4, 0.5) is 4.79 Å². The second-order valence-corrected chi connectivity index (χ2v) is 14.9. The van der Waals surface area contributed by atoms with Crippen LogP contribution in [0.3, 0.4) is 0 Å². The number of aliphatic hydroxyl groups is 5. The molecule has 1 rings (SSSR count). The molecule has 0 bridgehead atoms. The molecule has 0 aromatic carbocycles. The molecule has 7 atom stereocenters. The quantitative estimate of drug-likeness (QED) is 0.216. The third-order valence-corrected chi connectivity index (χ3v) is 6.92. The third kappa shape index (κ3) is 12.2. The largest absolute Gasteiger partial charge is 0.392 e. The van der Waals surface area contributed by atoms with Crippen LogP contribution in [0.1, 0.15) is 101 Å². The number of ether oxygens (including phenoxy) is 1. The first-order valence-electron chi connectivity index (χ1n) is 13.6. The molecule has 0 spiro atoms. The first-order valence-corrected chi connectivity index (χ1v) is 13.6. The van der Waals surface area contributed by atoms with Gasteiger partial charge in [-0.15, -0.1) is 0 Å². The summed E-state index contributed by atoms with van der Waals surface area (Å²) in [5, 5.41) is 58.0. The van der Waals surface area contributed by atoms with E-state index in [4.69, 9.17) is 4.74 Å². The van der Waals surface area contributed by atoms with Crippen molar-refractivity contribution < 1.29 is 35.1 Å². The van der Waals surface area contributed by atoms with E-state index in [1.165, 1.54) is 0 Å². The van der Waals surface area contributed by atoms with E-state index < -0.39 is 59.7 Å². The number of nitrogens with one attached hydrogen (secondary N) is 2. The van der Waals surface area contributed by atoms with Crippen LogP contribution in [-0.2, 0) is 4.74 Å². The first kappa shape index (κ1) is 34.1. The zero-order valence-electron chi connectivity index (χ0n) is 24.8. The highest BCUT2D eigenvalue weighted by Crippen LogP contribution is 2.37. The molecular formula is C28H56N2O7. The normalized spacial score (nSPS) is 26.4. The van der Waals surface area contributed by atoms with Gasteiger partial charge in [0.2, 0.25) is 0 Å². The average Bonchev–Trinajstić information content (AvgIpc) is 2.66. The van der Waals surface area contributed by atoms with Gasteiger partial charge in [0.1, 0.15) is 12.2 Å². The predicted molar refractivity (Wildman–Crippen MR) is 145 cm³/mol. The minimum Gasteiger partial charge on any atom is -0.392 e. The van der Waals surface area contributed by atoms with Crippen LogP contribution < -0.4 is 10.6 Å². The Labute approximate surface area is 224 Å². The number of carbonyl (C=O) groups excluding carboxylic acids is 1. The van der Waals surface area contributed by atoms with Gasteiger partial charge in [0, 0.05) is 12.0 Å². The monoisotopic (exact) mass is 532 g/mol. The number of rotatable bonds is 11. The topological polar surface area (TPSA) is 152 Å². The summed E-state index contributed by atoms with van der Waals surface area (Å²) in [5.74, 6) is 0. The van der Waals surface area contributed by atoms with Crippen LogP contribution in [0.2, 0.25) is 0 Å². The zero-order chi connectivity index (χ0) is 29.0. The summed E-state index contributed by atoms with van der Waals surface area (Å²) in [6.07, 6.45) is -4.25. The van der Waals surface area contributed by atoms with Gasteiger partial charge in [-0.05, 0) is 55.8 Å². The Bertz CT molecular complexity index is 714. The predicted octanol–water partition coefficient (Wildman–Crippen LogP) is 2.71. The molecule has 1 fully saturated rings. The number of carbonyl (C=O) groups is 1. The van der Waals surface area contributed by atoms with Crippen molar-refractivity contribution in [3.63, 3.8) is 0 Å². The highest BCUT2D eigenvalue weighted by molar-refractivity contribution is 5.75. The fraction of sp³-hybridized carbons (Fsp3) is 0.964. The van der Waals surface area contributed by atoms with Crippen LogP contribution in [0.5, 0.6) is 0 Å². The van der Waals surface area contributed by atoms with E-state index in [0.29, 0.717) is 6.42 Å². The lowest BCUT2D eigenvalue weighted by Crippen LogP contribution is -2.57. The number of amides is 2. The SMILES string of the molecule is CC(C)(C)CC(C)(C)NC(=O)NC(COC1CCC(O)C(O)C1O)C(O)CC(O)C(C)(C)CC(C)(C)C. The fourth-order valence-corrected chi connectivity index (χ4v) is 5.86. The molecule has 7 unspecified atom stereocenters. The van der Waals surface area contributed by atoms with Gasteiger partial charge in [-0.25, -0.2) is 4.79 Å². The Morgan fingerprint density at radius 2 is 1.41 bits per heavy atom. The summed E-state index contributed by atoms with van der Waals surface area (Å²) >= 11 is 0. The summed E-state index contributed by atoms with van der Waals surface area (Å²) in [4.78, 5) is 13.0. The van der Waals surface area contributed by atoms with E-state index in [0.717, 1.165) is 12.8 Å². The molecule has 0 saturated heterocycles. The Morgan fingerprint density at radius 3 is 1.92 bits per heavy atom. The highest BCUT2D eigenvalue weighted by atomic mass is 16.5. The van der Waals surface area contributed by atoms with Crippen molar-refractivity contribution in [2.75, 3.05) is 6.61 Å². The Balaban J connectivity index is 2.98. The third-order valence-electron chi connectivity index (χ3n) is 6.92. The first-order chi connectivity index (χ1) is 16.5. The smallest absolute Gasteiger partial charge is 0.315 e. The molecule has 37 heavy (non-hydrogen) atoms. The minimum absolute atomic E-state index is 0.00985. The zero-order valence-corrected chi connectivity index (χ0v) is 24.8. The van der Waals surface area contributed by atoms with Crippen molar-refractivity contribution >= 4 is 6.03 Å². The van der Waals surface area contributed by atoms with E-state index in [1.54, 1.807) is 0 Å². The Kier molecular flexibility index (Phi) is 11.9. The lowest BCUT2D eigenvalue weighted by Gasteiger charge is -2.39. The molecular weight excluding hydrogens is 476 g/mol. The lowest BCUT2D eigenvalue weighted by atomic mass is 9.71. The minimum atomic E-state index is -1.32. The van der Waals surface area contributed by atoms with Crippen LogP contribution >= 0.6 is 0 Å². The summed E-state index contributed by atoms with van der Waals surface area (Å²) in [5.41, 5.74) is -1.00. The van der Waals surface area contributed by atoms with Gasteiger partial charge in [0.25, 0.3) is 0 Å². The summed E-state index contributed by atoms with van der Waals surface area (Å²) in [6, 6.07) is -1.34. The number of urea groups is 1. The molecule has 2 amide bonds. The maximum atomic E-state index is 13.0. The van der Waals surface area contributed by atoms with Crippen molar-refractivity contribution in [2.45, 2.75) is 150 Å². The van der Waals surface area contributed by atoms with Crippen LogP contribution in [-0.4, -0.2) is 86.4 Å². The maximum Gasteiger partial charge on any atom is 0.315 e. The number of aliphatic hydroxyl groups excluding tert-OH is 5. The maximum absolute atomic E-state index is 13.0. The summed E-state index contributed by atoms with van der Waals surface area (Å²) < 4.78 is 5.85. The van der Waals surface area contributed by atoms with Crippen LogP contribution in [0.25, 0.3) is 0 Å². The standard InChI is InChI=1S/C28H56N2O7/c1-25(2,3)15-27(7,8)21(33)13-19(32)17(14-37-20-12-11-18(31)22(34)23(20)35)29-24(36)30-28(9,10)16-26(4,5)6/h17-23,31-35H,11-16H2,1-10H3,(H2,29,30,36). The van der Waals surface area contributed by atoms with Gasteiger partial charge < -0.3 is 40.9 Å². The second-order valence-electron chi connectivity index (χ2n) is 14.9. The molecule has 9 nitrogen and oxygen atoms in total. The molecule has 7 N–H and O–H groups in total. The molecule has 0 aromatic heterocycles. The lowest BCUT2D eigenvalue weighted by molar-refractivity contribution is -0.157. The van der Waals surface area contributed by atoms with Gasteiger partial charge in [-0.2, -0.15) is 0 Å². The molecule has 1 aliphatic rings. The van der Waals surface area contributed by atoms with Crippen LogP contribution in [0.15, 0.2) is 0 Å². The molecule has 0 aliphatic heterocycles. The molecule has 0 radical (unpaired) electrons. The van der Waals surface area contributed by atoms with Gasteiger partial charge in [-0.3, -0.25) is 0 Å². The van der Waals surface area contributed by atoms with Crippen molar-refractivity contribution in [1.82, 2.24) is 10.6 Å². The van der Waals surface area contributed by atoms with Crippen molar-refractivity contribution in [1.29, 1.82) is 0 Å². The van der Waals surface area contributed by atoms with Gasteiger partial charge in [0.05, 0.1) is 37.1 Å².